The molecule has 1 aromatic heterocycles. The lowest BCUT2D eigenvalue weighted by Crippen LogP contribution is -2.58. The Kier molecular flexibility index (Phi) is 6.73. The summed E-state index contributed by atoms with van der Waals surface area (Å²) in [6.45, 7) is 4.77. The van der Waals surface area contributed by atoms with E-state index in [1.807, 2.05) is 26.0 Å². The molecule has 0 saturated carbocycles. The fourth-order valence-corrected chi connectivity index (χ4v) is 4.12. The summed E-state index contributed by atoms with van der Waals surface area (Å²) in [5.41, 5.74) is 7.59. The monoisotopic (exact) mass is 450 g/mol. The molecular formula is C21H24Cl2N4O3. The van der Waals surface area contributed by atoms with Crippen LogP contribution in [0.4, 0.5) is 11.5 Å². The highest BCUT2D eigenvalue weighted by Gasteiger charge is 2.39. The fraction of sp³-hybridized carbons (Fsp3) is 0.381. The second kappa shape index (κ2) is 9.10. The Hall–Kier alpha value is -2.51. The SMILES string of the molecule is CC(C)C1CN(c2ncc(Cl)cc2N)C(c2ccc(Cl)cc2)CN1C(=O)CC(=O)O. The highest BCUT2D eigenvalue weighted by atomic mass is 35.5. The fourth-order valence-electron chi connectivity index (χ4n) is 3.83. The van der Waals surface area contributed by atoms with E-state index < -0.39 is 18.3 Å². The molecule has 0 spiro atoms. The molecule has 30 heavy (non-hydrogen) atoms. The van der Waals surface area contributed by atoms with Crippen molar-refractivity contribution in [3.05, 3.63) is 52.1 Å². The van der Waals surface area contributed by atoms with Crippen LogP contribution in [-0.4, -0.2) is 46.0 Å². The quantitative estimate of drug-likeness (QED) is 0.670. The second-order valence-electron chi connectivity index (χ2n) is 7.71. The number of benzene rings is 1. The number of carbonyl (C=O) groups is 2. The molecule has 1 fully saturated rings. The average Bonchev–Trinajstić information content (AvgIpc) is 2.67. The molecule has 2 heterocycles. The van der Waals surface area contributed by atoms with E-state index >= 15 is 0 Å². The molecule has 1 aliphatic rings. The number of carboxylic acid groups (broad SMARTS) is 1. The molecule has 2 atom stereocenters. The molecule has 2 unspecified atom stereocenters. The first kappa shape index (κ1) is 22.2. The van der Waals surface area contributed by atoms with Gasteiger partial charge in [-0.05, 0) is 29.7 Å². The number of anilines is 2. The number of aliphatic carboxylic acids is 1. The Morgan fingerprint density at radius 2 is 1.87 bits per heavy atom. The highest BCUT2D eigenvalue weighted by molar-refractivity contribution is 6.31. The standard InChI is InChI=1S/C21H24Cl2N4O3/c1-12(2)17-10-27(21-16(24)7-15(23)9-25-21)18(13-3-5-14(22)6-4-13)11-26(17)19(28)8-20(29)30/h3-7,9,12,17-18H,8,10-11,24H2,1-2H3,(H,29,30). The lowest BCUT2D eigenvalue weighted by Gasteiger charge is -2.48. The van der Waals surface area contributed by atoms with Crippen LogP contribution in [0.5, 0.6) is 0 Å². The Labute approximate surface area is 185 Å². The van der Waals surface area contributed by atoms with Crippen LogP contribution in [-0.2, 0) is 9.59 Å². The van der Waals surface area contributed by atoms with E-state index in [4.69, 9.17) is 34.0 Å². The molecule has 3 N–H and O–H groups in total. The number of pyridine rings is 1. The predicted molar refractivity (Wildman–Crippen MR) is 118 cm³/mol. The number of rotatable bonds is 5. The summed E-state index contributed by atoms with van der Waals surface area (Å²) in [6, 6.07) is 8.53. The zero-order valence-electron chi connectivity index (χ0n) is 16.8. The number of nitrogen functional groups attached to an aromatic ring is 1. The molecule has 1 aromatic carbocycles. The van der Waals surface area contributed by atoms with Gasteiger partial charge in [-0.25, -0.2) is 4.98 Å². The highest BCUT2D eigenvalue weighted by Crippen LogP contribution is 2.37. The van der Waals surface area contributed by atoms with E-state index in [2.05, 4.69) is 9.88 Å². The number of aromatic nitrogens is 1. The number of carboxylic acids is 1. The number of piperazine rings is 1. The second-order valence-corrected chi connectivity index (χ2v) is 8.59. The minimum atomic E-state index is -1.14. The van der Waals surface area contributed by atoms with Gasteiger partial charge in [0.05, 0.1) is 22.8 Å². The number of nitrogens with two attached hydrogens (primary N) is 1. The number of hydrogen-bond donors (Lipinski definition) is 2. The van der Waals surface area contributed by atoms with Crippen LogP contribution in [0.1, 0.15) is 31.9 Å². The first-order valence-electron chi connectivity index (χ1n) is 9.61. The number of halogens is 2. The van der Waals surface area contributed by atoms with Crippen LogP contribution < -0.4 is 10.6 Å². The van der Waals surface area contributed by atoms with Crippen LogP contribution in [0, 0.1) is 5.92 Å². The molecule has 2 aromatic rings. The summed E-state index contributed by atoms with van der Waals surface area (Å²) in [6.07, 6.45) is 0.996. The molecule has 0 aliphatic carbocycles. The van der Waals surface area contributed by atoms with E-state index in [0.29, 0.717) is 34.6 Å². The summed E-state index contributed by atoms with van der Waals surface area (Å²) in [5.74, 6) is -0.867. The number of amides is 1. The van der Waals surface area contributed by atoms with Crippen molar-refractivity contribution < 1.29 is 14.7 Å². The van der Waals surface area contributed by atoms with Crippen LogP contribution >= 0.6 is 23.2 Å². The van der Waals surface area contributed by atoms with Crippen molar-refractivity contribution >= 4 is 46.6 Å². The molecule has 0 bridgehead atoms. The van der Waals surface area contributed by atoms with Gasteiger partial charge in [-0.3, -0.25) is 9.59 Å². The molecule has 1 aliphatic heterocycles. The first-order chi connectivity index (χ1) is 14.2. The van der Waals surface area contributed by atoms with E-state index in [0.717, 1.165) is 5.56 Å². The van der Waals surface area contributed by atoms with Gasteiger partial charge >= 0.3 is 5.97 Å². The number of nitrogens with zero attached hydrogens (tertiary/aromatic N) is 3. The molecule has 3 rings (SSSR count). The molecule has 0 radical (unpaired) electrons. The Bertz CT molecular complexity index is 936. The van der Waals surface area contributed by atoms with Gasteiger partial charge in [-0.2, -0.15) is 0 Å². The Morgan fingerprint density at radius 3 is 2.43 bits per heavy atom. The van der Waals surface area contributed by atoms with Gasteiger partial charge in [0.1, 0.15) is 6.42 Å². The third-order valence-corrected chi connectivity index (χ3v) is 5.77. The summed E-state index contributed by atoms with van der Waals surface area (Å²) < 4.78 is 0. The first-order valence-corrected chi connectivity index (χ1v) is 10.4. The smallest absolute Gasteiger partial charge is 0.312 e. The third-order valence-electron chi connectivity index (χ3n) is 5.31. The summed E-state index contributed by atoms with van der Waals surface area (Å²) >= 11 is 12.1. The lowest BCUT2D eigenvalue weighted by atomic mass is 9.93. The van der Waals surface area contributed by atoms with Crippen molar-refractivity contribution in [2.45, 2.75) is 32.4 Å². The van der Waals surface area contributed by atoms with Gasteiger partial charge < -0.3 is 20.6 Å². The third kappa shape index (κ3) is 4.79. The van der Waals surface area contributed by atoms with E-state index in [-0.39, 0.29) is 18.0 Å². The molecule has 9 heteroatoms. The van der Waals surface area contributed by atoms with Gasteiger partial charge in [0, 0.05) is 24.3 Å². The van der Waals surface area contributed by atoms with Gasteiger partial charge in [0.15, 0.2) is 5.82 Å². The summed E-state index contributed by atoms with van der Waals surface area (Å²) in [4.78, 5) is 32.1. The van der Waals surface area contributed by atoms with Gasteiger partial charge in [0.25, 0.3) is 0 Å². The largest absolute Gasteiger partial charge is 0.481 e. The zero-order valence-corrected chi connectivity index (χ0v) is 18.3. The van der Waals surface area contributed by atoms with Crippen molar-refractivity contribution in [1.82, 2.24) is 9.88 Å². The van der Waals surface area contributed by atoms with Crippen molar-refractivity contribution in [1.29, 1.82) is 0 Å². The number of carbonyl (C=O) groups excluding carboxylic acids is 1. The Balaban J connectivity index is 2.05. The molecule has 7 nitrogen and oxygen atoms in total. The van der Waals surface area contributed by atoms with Crippen LogP contribution in [0.25, 0.3) is 0 Å². The van der Waals surface area contributed by atoms with E-state index in [9.17, 15) is 9.59 Å². The van der Waals surface area contributed by atoms with Crippen molar-refractivity contribution in [3.8, 4) is 0 Å². The molecular weight excluding hydrogens is 427 g/mol. The zero-order chi connectivity index (χ0) is 22.0. The maximum Gasteiger partial charge on any atom is 0.312 e. The van der Waals surface area contributed by atoms with Crippen molar-refractivity contribution in [2.75, 3.05) is 23.7 Å². The van der Waals surface area contributed by atoms with Gasteiger partial charge in [-0.15, -0.1) is 0 Å². The van der Waals surface area contributed by atoms with E-state index in [1.54, 1.807) is 29.3 Å². The minimum absolute atomic E-state index is 0.102. The topological polar surface area (TPSA) is 99.8 Å². The molecule has 160 valence electrons. The van der Waals surface area contributed by atoms with Crippen LogP contribution in [0.15, 0.2) is 36.5 Å². The molecule has 1 amide bonds. The number of hydrogen-bond acceptors (Lipinski definition) is 5. The molecule has 1 saturated heterocycles. The normalized spacial score (nSPS) is 19.2. The van der Waals surface area contributed by atoms with Gasteiger partial charge in [0.2, 0.25) is 5.91 Å². The summed E-state index contributed by atoms with van der Waals surface area (Å²) in [5, 5.41) is 10.2. The van der Waals surface area contributed by atoms with Gasteiger partial charge in [-0.1, -0.05) is 49.2 Å². The Morgan fingerprint density at radius 1 is 1.20 bits per heavy atom. The van der Waals surface area contributed by atoms with Crippen molar-refractivity contribution in [3.63, 3.8) is 0 Å². The van der Waals surface area contributed by atoms with E-state index in [1.165, 1.54) is 0 Å². The maximum absolute atomic E-state index is 12.8. The van der Waals surface area contributed by atoms with Crippen LogP contribution in [0.3, 0.4) is 0 Å². The maximum atomic E-state index is 12.8. The summed E-state index contributed by atoms with van der Waals surface area (Å²) in [7, 11) is 0. The van der Waals surface area contributed by atoms with Crippen LogP contribution in [0.2, 0.25) is 10.0 Å². The minimum Gasteiger partial charge on any atom is -0.481 e. The predicted octanol–water partition coefficient (Wildman–Crippen LogP) is 3.86. The lowest BCUT2D eigenvalue weighted by molar-refractivity contribution is -0.146. The average molecular weight is 451 g/mol. The van der Waals surface area contributed by atoms with Crippen molar-refractivity contribution in [2.24, 2.45) is 5.92 Å².